The third-order valence-corrected chi connectivity index (χ3v) is 3.79. The van der Waals surface area contributed by atoms with Gasteiger partial charge in [-0.1, -0.05) is 18.2 Å². The molecule has 1 aliphatic carbocycles. The molecule has 0 aliphatic heterocycles. The van der Waals surface area contributed by atoms with E-state index < -0.39 is 11.4 Å². The number of nitrogens with zero attached hydrogens (tertiary/aromatic N) is 1. The Morgan fingerprint density at radius 2 is 2.00 bits per heavy atom. The molecular weight excluding hydrogens is 258 g/mol. The molecule has 5 heteroatoms. The average molecular weight is 277 g/mol. The third kappa shape index (κ3) is 2.61. The van der Waals surface area contributed by atoms with Crippen LogP contribution in [0.3, 0.4) is 0 Å². The number of hydrogen-bond donors (Lipinski definition) is 1. The quantitative estimate of drug-likeness (QED) is 0.858. The van der Waals surface area contributed by atoms with Gasteiger partial charge in [-0.15, -0.1) is 0 Å². The normalized spacial score (nSPS) is 15.5. The summed E-state index contributed by atoms with van der Waals surface area (Å²) in [7, 11) is 3.24. The number of ether oxygens (including phenoxy) is 1. The van der Waals surface area contributed by atoms with Gasteiger partial charge < -0.3 is 14.7 Å². The van der Waals surface area contributed by atoms with Crippen LogP contribution in [0.4, 0.5) is 0 Å². The molecule has 20 heavy (non-hydrogen) atoms. The molecule has 2 rings (SSSR count). The van der Waals surface area contributed by atoms with E-state index in [4.69, 9.17) is 9.84 Å². The summed E-state index contributed by atoms with van der Waals surface area (Å²) in [6.07, 6.45) is 1.53. The first-order chi connectivity index (χ1) is 9.51. The number of para-hydroxylation sites is 1. The lowest BCUT2D eigenvalue weighted by atomic mass is 9.93. The topological polar surface area (TPSA) is 66.8 Å². The summed E-state index contributed by atoms with van der Waals surface area (Å²) >= 11 is 0. The van der Waals surface area contributed by atoms with Gasteiger partial charge in [-0.3, -0.25) is 9.59 Å². The smallest absolute Gasteiger partial charge is 0.305 e. The van der Waals surface area contributed by atoms with E-state index in [0.29, 0.717) is 5.75 Å². The number of carbonyl (C=O) groups is 2. The van der Waals surface area contributed by atoms with Crippen molar-refractivity contribution in [2.24, 2.45) is 0 Å². The molecule has 0 aromatic heterocycles. The Hall–Kier alpha value is -2.04. The predicted octanol–water partition coefficient (Wildman–Crippen LogP) is 1.66. The van der Waals surface area contributed by atoms with E-state index in [1.165, 1.54) is 4.90 Å². The first-order valence-corrected chi connectivity index (χ1v) is 6.62. The van der Waals surface area contributed by atoms with Crippen LogP contribution in [0.15, 0.2) is 24.3 Å². The van der Waals surface area contributed by atoms with E-state index in [9.17, 15) is 9.59 Å². The van der Waals surface area contributed by atoms with Crippen LogP contribution < -0.4 is 4.74 Å². The Bertz CT molecular complexity index is 522. The fourth-order valence-corrected chi connectivity index (χ4v) is 2.49. The second-order valence-electron chi connectivity index (χ2n) is 5.15. The second kappa shape index (κ2) is 5.53. The molecule has 0 bridgehead atoms. The maximum absolute atomic E-state index is 12.6. The molecule has 0 saturated heterocycles. The number of amides is 1. The zero-order valence-corrected chi connectivity index (χ0v) is 11.8. The molecule has 5 nitrogen and oxygen atoms in total. The van der Waals surface area contributed by atoms with Crippen molar-refractivity contribution >= 4 is 11.9 Å². The minimum Gasteiger partial charge on any atom is -0.496 e. The van der Waals surface area contributed by atoms with E-state index in [1.54, 1.807) is 14.2 Å². The minimum atomic E-state index is -0.896. The van der Waals surface area contributed by atoms with Crippen molar-refractivity contribution in [3.63, 3.8) is 0 Å². The molecule has 0 atom stereocenters. The van der Waals surface area contributed by atoms with Crippen LogP contribution in [0, 0.1) is 0 Å². The Balaban J connectivity index is 2.18. The van der Waals surface area contributed by atoms with Crippen LogP contribution in [0.1, 0.15) is 24.8 Å². The summed E-state index contributed by atoms with van der Waals surface area (Å²) in [5.74, 6) is -0.208. The van der Waals surface area contributed by atoms with E-state index in [1.807, 2.05) is 24.3 Å². The minimum absolute atomic E-state index is 0.0248. The Morgan fingerprint density at radius 3 is 2.55 bits per heavy atom. The van der Waals surface area contributed by atoms with Crippen molar-refractivity contribution in [3.8, 4) is 5.75 Å². The maximum Gasteiger partial charge on any atom is 0.305 e. The number of carboxylic acids is 1. The van der Waals surface area contributed by atoms with Crippen molar-refractivity contribution < 1.29 is 19.4 Å². The van der Waals surface area contributed by atoms with Gasteiger partial charge in [0, 0.05) is 19.2 Å². The lowest BCUT2D eigenvalue weighted by Gasteiger charge is -2.24. The van der Waals surface area contributed by atoms with Crippen LogP contribution in [0.5, 0.6) is 5.75 Å². The van der Waals surface area contributed by atoms with Gasteiger partial charge in [-0.2, -0.15) is 0 Å². The molecule has 1 amide bonds. The maximum atomic E-state index is 12.6. The standard InChI is InChI=1S/C15H19NO4/c1-16(10-7-13(17)18)14(19)15(8-9-15)11-5-3-4-6-12(11)20-2/h3-6H,7-10H2,1-2H3,(H,17,18). The fraction of sp³-hybridized carbons (Fsp3) is 0.467. The molecule has 0 radical (unpaired) electrons. The summed E-state index contributed by atoms with van der Waals surface area (Å²) in [6.45, 7) is 0.227. The van der Waals surface area contributed by atoms with Gasteiger partial charge in [0.25, 0.3) is 0 Å². The fourth-order valence-electron chi connectivity index (χ4n) is 2.49. The van der Waals surface area contributed by atoms with E-state index in [0.717, 1.165) is 18.4 Å². The number of benzene rings is 1. The molecule has 108 valence electrons. The summed E-state index contributed by atoms with van der Waals surface area (Å²) in [4.78, 5) is 24.7. The SMILES string of the molecule is COc1ccccc1C1(C(=O)N(C)CCC(=O)O)CC1. The van der Waals surface area contributed by atoms with Gasteiger partial charge in [0.1, 0.15) is 5.75 Å². The van der Waals surface area contributed by atoms with Gasteiger partial charge in [0.15, 0.2) is 0 Å². The number of likely N-dealkylation sites (N-methyl/N-ethyl adjacent to an activating group) is 1. The molecule has 0 spiro atoms. The van der Waals surface area contributed by atoms with Crippen LogP contribution >= 0.6 is 0 Å². The molecule has 1 N–H and O–H groups in total. The van der Waals surface area contributed by atoms with Crippen LogP contribution in [-0.2, 0) is 15.0 Å². The number of carbonyl (C=O) groups excluding carboxylic acids is 1. The van der Waals surface area contributed by atoms with Crippen LogP contribution in [0.2, 0.25) is 0 Å². The van der Waals surface area contributed by atoms with Crippen molar-refractivity contribution in [3.05, 3.63) is 29.8 Å². The van der Waals surface area contributed by atoms with Gasteiger partial charge in [0.05, 0.1) is 18.9 Å². The van der Waals surface area contributed by atoms with Gasteiger partial charge in [-0.05, 0) is 18.9 Å². The largest absolute Gasteiger partial charge is 0.496 e. The van der Waals surface area contributed by atoms with Crippen molar-refractivity contribution in [2.75, 3.05) is 20.7 Å². The third-order valence-electron chi connectivity index (χ3n) is 3.79. The molecule has 1 saturated carbocycles. The average Bonchev–Trinajstić information content (AvgIpc) is 3.25. The highest BCUT2D eigenvalue weighted by Crippen LogP contribution is 2.52. The lowest BCUT2D eigenvalue weighted by Crippen LogP contribution is -2.37. The summed E-state index contributed by atoms with van der Waals surface area (Å²) in [6, 6.07) is 7.52. The van der Waals surface area contributed by atoms with Gasteiger partial charge in [-0.25, -0.2) is 0 Å². The van der Waals surface area contributed by atoms with Crippen molar-refractivity contribution in [1.82, 2.24) is 4.90 Å². The van der Waals surface area contributed by atoms with Crippen molar-refractivity contribution in [1.29, 1.82) is 0 Å². The monoisotopic (exact) mass is 277 g/mol. The summed E-state index contributed by atoms with van der Waals surface area (Å²) in [5.41, 5.74) is 0.370. The molecule has 0 unspecified atom stereocenters. The lowest BCUT2D eigenvalue weighted by molar-refractivity contribution is -0.138. The number of aliphatic carboxylic acids is 1. The Morgan fingerprint density at radius 1 is 1.35 bits per heavy atom. The second-order valence-corrected chi connectivity index (χ2v) is 5.15. The number of carboxylic acid groups (broad SMARTS) is 1. The first kappa shape index (κ1) is 14.4. The Kier molecular flexibility index (Phi) is 3.97. The summed E-state index contributed by atoms with van der Waals surface area (Å²) < 4.78 is 5.33. The zero-order chi connectivity index (χ0) is 14.8. The van der Waals surface area contributed by atoms with Crippen molar-refractivity contribution in [2.45, 2.75) is 24.7 Å². The van der Waals surface area contributed by atoms with Crippen LogP contribution in [0.25, 0.3) is 0 Å². The van der Waals surface area contributed by atoms with Gasteiger partial charge in [0.2, 0.25) is 5.91 Å². The van der Waals surface area contributed by atoms with Gasteiger partial charge >= 0.3 is 5.97 Å². The summed E-state index contributed by atoms with van der Waals surface area (Å²) in [5, 5.41) is 8.70. The number of rotatable bonds is 6. The van der Waals surface area contributed by atoms with Crippen LogP contribution in [-0.4, -0.2) is 42.6 Å². The molecule has 1 fully saturated rings. The highest BCUT2D eigenvalue weighted by Gasteiger charge is 2.53. The first-order valence-electron chi connectivity index (χ1n) is 6.62. The molecule has 1 aromatic rings. The predicted molar refractivity (Wildman–Crippen MR) is 73.8 cm³/mol. The number of hydrogen-bond acceptors (Lipinski definition) is 3. The highest BCUT2D eigenvalue weighted by atomic mass is 16.5. The molecule has 1 aromatic carbocycles. The zero-order valence-electron chi connectivity index (χ0n) is 11.8. The van der Waals surface area contributed by atoms with E-state index in [2.05, 4.69) is 0 Å². The van der Waals surface area contributed by atoms with E-state index in [-0.39, 0.29) is 18.9 Å². The molecule has 1 aliphatic rings. The molecule has 0 heterocycles. The Labute approximate surface area is 118 Å². The highest BCUT2D eigenvalue weighted by molar-refractivity contribution is 5.92. The number of methoxy groups -OCH3 is 1. The molecular formula is C15H19NO4. The van der Waals surface area contributed by atoms with E-state index >= 15 is 0 Å².